The molecule has 0 aliphatic rings. The van der Waals surface area contributed by atoms with E-state index >= 15 is 0 Å². The second-order valence-corrected chi connectivity index (χ2v) is 5.92. The highest BCUT2D eigenvalue weighted by Crippen LogP contribution is 2.32. The Kier molecular flexibility index (Phi) is 4.72. The second-order valence-electron chi connectivity index (χ2n) is 3.94. The Hall–Kier alpha value is -0.930. The molecule has 0 heterocycles. The van der Waals surface area contributed by atoms with Crippen LogP contribution in [-0.4, -0.2) is 10.6 Å². The fourth-order valence-corrected chi connectivity index (χ4v) is 2.82. The fourth-order valence-electron chi connectivity index (χ4n) is 1.70. The number of hydrogen-bond donors (Lipinski definition) is 0. The van der Waals surface area contributed by atoms with E-state index in [4.69, 9.17) is 0 Å². The molecule has 2 aromatic carbocycles. The molecule has 0 bridgehead atoms. The summed E-state index contributed by atoms with van der Waals surface area (Å²) in [6.07, 6.45) is 0. The molecule has 0 aliphatic carbocycles. The Morgan fingerprint density at radius 1 is 0.833 bits per heavy atom. The normalized spacial score (nSPS) is 13.9. The van der Waals surface area contributed by atoms with Crippen LogP contribution in [0.15, 0.2) is 60.7 Å². The van der Waals surface area contributed by atoms with E-state index in [2.05, 4.69) is 31.9 Å². The highest BCUT2D eigenvalue weighted by molar-refractivity contribution is 9.12. The molecule has 1 nitrogen and oxygen atoms in total. The van der Waals surface area contributed by atoms with Crippen LogP contribution in [0.2, 0.25) is 0 Å². The summed E-state index contributed by atoms with van der Waals surface area (Å²) >= 11 is 7.07. The second kappa shape index (κ2) is 6.30. The van der Waals surface area contributed by atoms with E-state index in [9.17, 15) is 4.79 Å². The minimum absolute atomic E-state index is 0.0357. The Bertz CT molecular complexity index is 511. The van der Waals surface area contributed by atoms with E-state index in [0.29, 0.717) is 0 Å². The smallest absolute Gasteiger partial charge is 0.177 e. The molecule has 0 saturated heterocycles. The number of ketones is 1. The molecule has 0 saturated carbocycles. The summed E-state index contributed by atoms with van der Waals surface area (Å²) < 4.78 is 0. The summed E-state index contributed by atoms with van der Waals surface area (Å²) in [5.74, 6) is 0.0846. The molecule has 2 rings (SSSR count). The van der Waals surface area contributed by atoms with Gasteiger partial charge in [-0.2, -0.15) is 0 Å². The van der Waals surface area contributed by atoms with Gasteiger partial charge in [-0.1, -0.05) is 92.5 Å². The molecule has 0 aromatic heterocycles. The zero-order chi connectivity index (χ0) is 13.0. The summed E-state index contributed by atoms with van der Waals surface area (Å²) in [7, 11) is 0. The molecule has 0 N–H and O–H groups in total. The molecule has 0 unspecified atom stereocenters. The van der Waals surface area contributed by atoms with Gasteiger partial charge >= 0.3 is 0 Å². The number of halogens is 2. The highest BCUT2D eigenvalue weighted by Gasteiger charge is 2.25. The standard InChI is InChI=1S/C15H12Br2O/c16-13(11-7-3-1-4-8-11)14(17)15(18)12-9-5-2-6-10-12/h1-10,13-14H/t13-,14+/m1/s1. The maximum Gasteiger partial charge on any atom is 0.177 e. The number of carbonyl (C=O) groups is 1. The summed E-state index contributed by atoms with van der Waals surface area (Å²) in [4.78, 5) is 12.0. The van der Waals surface area contributed by atoms with Crippen molar-refractivity contribution in [1.82, 2.24) is 0 Å². The first-order chi connectivity index (χ1) is 8.70. The molecular formula is C15H12Br2O. The number of carbonyl (C=O) groups excluding carboxylic acids is 1. The van der Waals surface area contributed by atoms with E-state index in [1.807, 2.05) is 60.7 Å². The zero-order valence-corrected chi connectivity index (χ0v) is 12.8. The first-order valence-corrected chi connectivity index (χ1v) is 7.45. The maximum atomic E-state index is 12.3. The molecule has 2 aromatic rings. The van der Waals surface area contributed by atoms with E-state index < -0.39 is 0 Å². The van der Waals surface area contributed by atoms with Crippen molar-refractivity contribution in [2.24, 2.45) is 0 Å². The average Bonchev–Trinajstić information content (AvgIpc) is 2.47. The van der Waals surface area contributed by atoms with Crippen LogP contribution in [0, 0.1) is 0 Å². The third kappa shape index (κ3) is 3.09. The van der Waals surface area contributed by atoms with Gasteiger partial charge < -0.3 is 0 Å². The van der Waals surface area contributed by atoms with Gasteiger partial charge in [0.1, 0.15) is 0 Å². The van der Waals surface area contributed by atoms with Crippen LogP contribution in [0.5, 0.6) is 0 Å². The van der Waals surface area contributed by atoms with Crippen LogP contribution >= 0.6 is 31.9 Å². The third-order valence-corrected chi connectivity index (χ3v) is 5.39. The molecule has 0 radical (unpaired) electrons. The average molecular weight is 368 g/mol. The Morgan fingerprint density at radius 3 is 1.89 bits per heavy atom. The van der Waals surface area contributed by atoms with Crippen molar-refractivity contribution in [2.75, 3.05) is 0 Å². The van der Waals surface area contributed by atoms with Crippen LogP contribution < -0.4 is 0 Å². The first-order valence-electron chi connectivity index (χ1n) is 5.62. The summed E-state index contributed by atoms with van der Waals surface area (Å²) in [6, 6.07) is 19.2. The topological polar surface area (TPSA) is 17.1 Å². The van der Waals surface area contributed by atoms with Gasteiger partial charge in [-0.3, -0.25) is 4.79 Å². The van der Waals surface area contributed by atoms with Crippen molar-refractivity contribution in [2.45, 2.75) is 9.65 Å². The van der Waals surface area contributed by atoms with Crippen molar-refractivity contribution in [3.63, 3.8) is 0 Å². The van der Waals surface area contributed by atoms with Crippen molar-refractivity contribution >= 4 is 37.6 Å². The molecule has 92 valence electrons. The molecule has 0 amide bonds. The third-order valence-electron chi connectivity index (χ3n) is 2.68. The number of rotatable bonds is 4. The minimum Gasteiger partial charge on any atom is -0.293 e. The van der Waals surface area contributed by atoms with Crippen LogP contribution in [0.25, 0.3) is 0 Å². The highest BCUT2D eigenvalue weighted by atomic mass is 79.9. The predicted octanol–water partition coefficient (Wildman–Crippen LogP) is 4.77. The van der Waals surface area contributed by atoms with Crippen LogP contribution in [0.1, 0.15) is 20.7 Å². The van der Waals surface area contributed by atoms with Gasteiger partial charge in [0.25, 0.3) is 0 Å². The van der Waals surface area contributed by atoms with Gasteiger partial charge in [0, 0.05) is 5.56 Å². The van der Waals surface area contributed by atoms with Gasteiger partial charge in [-0.05, 0) is 5.56 Å². The van der Waals surface area contributed by atoms with Gasteiger partial charge in [-0.25, -0.2) is 0 Å². The molecule has 2 atom stereocenters. The summed E-state index contributed by atoms with van der Waals surface area (Å²) in [5.41, 5.74) is 1.81. The zero-order valence-electron chi connectivity index (χ0n) is 9.59. The lowest BCUT2D eigenvalue weighted by atomic mass is 10.0. The van der Waals surface area contributed by atoms with Gasteiger partial charge in [0.2, 0.25) is 0 Å². The van der Waals surface area contributed by atoms with Gasteiger partial charge in [0.15, 0.2) is 5.78 Å². The SMILES string of the molecule is O=C(c1ccccc1)[C@@H](Br)[C@H](Br)c1ccccc1. The maximum absolute atomic E-state index is 12.3. The Labute approximate surface area is 123 Å². The van der Waals surface area contributed by atoms with Crippen molar-refractivity contribution < 1.29 is 4.79 Å². The summed E-state index contributed by atoms with van der Waals surface area (Å²) in [6.45, 7) is 0. The van der Waals surface area contributed by atoms with E-state index in [-0.39, 0.29) is 15.4 Å². The lowest BCUT2D eigenvalue weighted by Gasteiger charge is -2.16. The molecule has 3 heteroatoms. The molecule has 0 spiro atoms. The molecule has 0 fully saturated rings. The number of Topliss-reactive ketones (excluding diaryl/α,β-unsaturated/α-hetero) is 1. The lowest BCUT2D eigenvalue weighted by Crippen LogP contribution is -2.19. The first kappa shape index (κ1) is 13.5. The summed E-state index contributed by atoms with van der Waals surface area (Å²) in [5, 5.41) is 0. The van der Waals surface area contributed by atoms with E-state index in [0.717, 1.165) is 11.1 Å². The quantitative estimate of drug-likeness (QED) is 0.562. The van der Waals surface area contributed by atoms with E-state index in [1.165, 1.54) is 0 Å². The van der Waals surface area contributed by atoms with Crippen LogP contribution in [-0.2, 0) is 0 Å². The molecule has 0 aliphatic heterocycles. The monoisotopic (exact) mass is 366 g/mol. The van der Waals surface area contributed by atoms with Crippen molar-refractivity contribution in [3.8, 4) is 0 Å². The van der Waals surface area contributed by atoms with E-state index in [1.54, 1.807) is 0 Å². The fraction of sp³-hybridized carbons (Fsp3) is 0.133. The van der Waals surface area contributed by atoms with Crippen LogP contribution in [0.3, 0.4) is 0 Å². The molecular weight excluding hydrogens is 356 g/mol. The van der Waals surface area contributed by atoms with Crippen molar-refractivity contribution in [3.05, 3.63) is 71.8 Å². The number of benzene rings is 2. The van der Waals surface area contributed by atoms with Gasteiger partial charge in [0.05, 0.1) is 9.65 Å². The Balaban J connectivity index is 2.17. The molecule has 18 heavy (non-hydrogen) atoms. The largest absolute Gasteiger partial charge is 0.293 e. The van der Waals surface area contributed by atoms with Crippen LogP contribution in [0.4, 0.5) is 0 Å². The predicted molar refractivity (Wildman–Crippen MR) is 81.6 cm³/mol. The lowest BCUT2D eigenvalue weighted by molar-refractivity contribution is 0.0991. The minimum atomic E-state index is -0.276. The number of alkyl halides is 2. The van der Waals surface area contributed by atoms with Crippen molar-refractivity contribution in [1.29, 1.82) is 0 Å². The Morgan fingerprint density at radius 2 is 1.33 bits per heavy atom. The van der Waals surface area contributed by atoms with Gasteiger partial charge in [-0.15, -0.1) is 0 Å². The number of hydrogen-bond acceptors (Lipinski definition) is 1.